The fourth-order valence-electron chi connectivity index (χ4n) is 4.92. The van der Waals surface area contributed by atoms with Crippen LogP contribution in [0.25, 0.3) is 0 Å². The van der Waals surface area contributed by atoms with Gasteiger partial charge in [-0.1, -0.05) is 69.8 Å². The Bertz CT molecular complexity index is 1150. The minimum absolute atomic E-state index is 0.229. The predicted octanol–water partition coefficient (Wildman–Crippen LogP) is 4.65. The van der Waals surface area contributed by atoms with Crippen molar-refractivity contribution in [1.82, 2.24) is 9.88 Å². The summed E-state index contributed by atoms with van der Waals surface area (Å²) in [6.45, 7) is 11.3. The highest BCUT2D eigenvalue weighted by Crippen LogP contribution is 2.40. The first-order chi connectivity index (χ1) is 17.1. The fourth-order valence-corrected chi connectivity index (χ4v) is 5.98. The number of nitrogens with zero attached hydrogens (tertiary/aromatic N) is 5. The Hall–Kier alpha value is -3.07. The number of piperidine rings is 1. The Balaban J connectivity index is 1.96. The van der Waals surface area contributed by atoms with Crippen LogP contribution in [-0.2, 0) is 11.2 Å². The van der Waals surface area contributed by atoms with Crippen LogP contribution in [0.3, 0.4) is 0 Å². The van der Waals surface area contributed by atoms with E-state index in [0.29, 0.717) is 40.0 Å². The van der Waals surface area contributed by atoms with E-state index >= 15 is 0 Å². The van der Waals surface area contributed by atoms with Crippen molar-refractivity contribution in [3.8, 4) is 12.1 Å². The van der Waals surface area contributed by atoms with Gasteiger partial charge in [0.05, 0.1) is 11.1 Å². The van der Waals surface area contributed by atoms with Gasteiger partial charge in [0.15, 0.2) is 0 Å². The first kappa shape index (κ1) is 27.5. The molecule has 1 aliphatic rings. The summed E-state index contributed by atoms with van der Waals surface area (Å²) in [6, 6.07) is 14.3. The number of rotatable bonds is 8. The molecule has 36 heavy (non-hydrogen) atoms. The van der Waals surface area contributed by atoms with Gasteiger partial charge in [0.25, 0.3) is 0 Å². The maximum Gasteiger partial charge on any atom is 0.235 e. The van der Waals surface area contributed by atoms with Gasteiger partial charge in [-0.3, -0.25) is 4.79 Å². The standard InChI is InChI=1S/C28H36N6OS/c1-6-21-22(16-29)26(34-14-12-20(13-15-34)33(5)18-28(2,3)4)32-27(23(21)17-30)36-24(25(31)35)19-10-8-7-9-11-19/h7-11,20,24H,6,12-15,18H2,1-5H3,(H2,31,35). The van der Waals surface area contributed by atoms with Crippen molar-refractivity contribution in [2.24, 2.45) is 11.1 Å². The van der Waals surface area contributed by atoms with Crippen LogP contribution in [0.4, 0.5) is 5.82 Å². The topological polar surface area (TPSA) is 110 Å². The van der Waals surface area contributed by atoms with E-state index in [9.17, 15) is 15.3 Å². The Morgan fingerprint density at radius 2 is 1.81 bits per heavy atom. The highest BCUT2D eigenvalue weighted by atomic mass is 32.2. The molecule has 0 saturated carbocycles. The van der Waals surface area contributed by atoms with Crippen LogP contribution in [0, 0.1) is 28.1 Å². The normalized spacial score (nSPS) is 15.4. The molecule has 0 radical (unpaired) electrons. The molecule has 7 nitrogen and oxygen atoms in total. The summed E-state index contributed by atoms with van der Waals surface area (Å²) in [5, 5.41) is 19.8. The minimum Gasteiger partial charge on any atom is -0.368 e. The minimum atomic E-state index is -0.687. The molecular formula is C28H36N6OS. The lowest BCUT2D eigenvalue weighted by Crippen LogP contribution is -2.46. The summed E-state index contributed by atoms with van der Waals surface area (Å²) in [5.41, 5.74) is 8.23. The molecule has 1 unspecified atom stereocenters. The maximum atomic E-state index is 12.4. The largest absolute Gasteiger partial charge is 0.368 e. The lowest BCUT2D eigenvalue weighted by atomic mass is 9.93. The molecule has 0 bridgehead atoms. The van der Waals surface area contributed by atoms with Gasteiger partial charge in [-0.05, 0) is 42.9 Å². The van der Waals surface area contributed by atoms with Crippen molar-refractivity contribution in [1.29, 1.82) is 10.5 Å². The number of hydrogen-bond acceptors (Lipinski definition) is 7. The number of hydrogen-bond donors (Lipinski definition) is 1. The molecule has 1 saturated heterocycles. The van der Waals surface area contributed by atoms with E-state index in [1.807, 2.05) is 37.3 Å². The quantitative estimate of drug-likeness (QED) is 0.521. The molecule has 2 N–H and O–H groups in total. The summed E-state index contributed by atoms with van der Waals surface area (Å²) >= 11 is 1.19. The molecule has 8 heteroatoms. The Morgan fingerprint density at radius 3 is 2.31 bits per heavy atom. The Labute approximate surface area is 219 Å². The van der Waals surface area contributed by atoms with Crippen LogP contribution < -0.4 is 10.6 Å². The van der Waals surface area contributed by atoms with Crippen molar-refractivity contribution < 1.29 is 4.79 Å². The third-order valence-corrected chi connectivity index (χ3v) is 7.79. The molecule has 2 heterocycles. The monoisotopic (exact) mass is 504 g/mol. The van der Waals surface area contributed by atoms with Crippen molar-refractivity contribution in [2.45, 2.75) is 63.3 Å². The molecule has 1 fully saturated rings. The van der Waals surface area contributed by atoms with Gasteiger partial charge < -0.3 is 15.5 Å². The highest BCUT2D eigenvalue weighted by Gasteiger charge is 2.30. The number of nitrogens with two attached hydrogens (primary N) is 1. The van der Waals surface area contributed by atoms with Gasteiger partial charge in [0.2, 0.25) is 5.91 Å². The molecule has 0 aliphatic carbocycles. The second-order valence-corrected chi connectivity index (χ2v) is 11.6. The summed E-state index contributed by atoms with van der Waals surface area (Å²) in [4.78, 5) is 21.8. The number of aromatic nitrogens is 1. The van der Waals surface area contributed by atoms with Gasteiger partial charge in [-0.15, -0.1) is 0 Å². The summed E-state index contributed by atoms with van der Waals surface area (Å²) in [5.74, 6) is 0.104. The number of carbonyl (C=O) groups is 1. The van der Waals surface area contributed by atoms with Crippen LogP contribution in [-0.4, -0.2) is 48.5 Å². The van der Waals surface area contributed by atoms with Crippen molar-refractivity contribution in [2.75, 3.05) is 31.6 Å². The molecule has 0 spiro atoms. The number of amides is 1. The van der Waals surface area contributed by atoms with E-state index in [-0.39, 0.29) is 5.41 Å². The second kappa shape index (κ2) is 11.8. The first-order valence-corrected chi connectivity index (χ1v) is 13.3. The fraction of sp³-hybridized carbons (Fsp3) is 0.500. The number of anilines is 1. The van der Waals surface area contributed by atoms with E-state index in [2.05, 4.69) is 49.8 Å². The lowest BCUT2D eigenvalue weighted by molar-refractivity contribution is -0.117. The molecule has 190 valence electrons. The zero-order valence-corrected chi connectivity index (χ0v) is 22.7. The van der Waals surface area contributed by atoms with Gasteiger partial charge >= 0.3 is 0 Å². The first-order valence-electron chi connectivity index (χ1n) is 12.4. The van der Waals surface area contributed by atoms with Crippen LogP contribution in [0.15, 0.2) is 35.4 Å². The smallest absolute Gasteiger partial charge is 0.235 e. The molecule has 1 aromatic carbocycles. The molecular weight excluding hydrogens is 468 g/mol. The van der Waals surface area contributed by atoms with E-state index in [0.717, 1.165) is 38.0 Å². The molecule has 2 aromatic rings. The third-order valence-electron chi connectivity index (χ3n) is 6.53. The zero-order valence-electron chi connectivity index (χ0n) is 21.9. The predicted molar refractivity (Wildman–Crippen MR) is 145 cm³/mol. The lowest BCUT2D eigenvalue weighted by Gasteiger charge is -2.40. The van der Waals surface area contributed by atoms with E-state index in [4.69, 9.17) is 10.7 Å². The van der Waals surface area contributed by atoms with Crippen LogP contribution in [0.2, 0.25) is 0 Å². The number of primary amides is 1. The maximum absolute atomic E-state index is 12.4. The second-order valence-electron chi connectivity index (χ2n) is 10.6. The van der Waals surface area contributed by atoms with Crippen LogP contribution >= 0.6 is 11.8 Å². The number of carbonyl (C=O) groups excluding carboxylic acids is 1. The number of nitriles is 2. The Kier molecular flexibility index (Phi) is 9.00. The SMILES string of the molecule is CCc1c(C#N)c(SC(C(N)=O)c2ccccc2)nc(N2CCC(N(C)CC(C)(C)C)CC2)c1C#N. The van der Waals surface area contributed by atoms with Gasteiger partial charge in [0.1, 0.15) is 28.2 Å². The van der Waals surface area contributed by atoms with Crippen LogP contribution in [0.5, 0.6) is 0 Å². The highest BCUT2D eigenvalue weighted by molar-refractivity contribution is 8.00. The summed E-state index contributed by atoms with van der Waals surface area (Å²) in [7, 11) is 2.18. The number of pyridine rings is 1. The van der Waals surface area contributed by atoms with Crippen molar-refractivity contribution >= 4 is 23.5 Å². The number of benzene rings is 1. The molecule has 1 atom stereocenters. The summed E-state index contributed by atoms with van der Waals surface area (Å²) < 4.78 is 0. The van der Waals surface area contributed by atoms with Crippen molar-refractivity contribution in [3.05, 3.63) is 52.6 Å². The average molecular weight is 505 g/mol. The van der Waals surface area contributed by atoms with Crippen LogP contribution in [0.1, 0.15) is 68.0 Å². The summed E-state index contributed by atoms with van der Waals surface area (Å²) in [6.07, 6.45) is 2.46. The molecule has 1 aromatic heterocycles. The number of thioether (sulfide) groups is 1. The van der Waals surface area contributed by atoms with Gasteiger partial charge in [-0.25, -0.2) is 4.98 Å². The molecule has 1 aliphatic heterocycles. The zero-order chi connectivity index (χ0) is 26.5. The third kappa shape index (κ3) is 6.37. The molecule has 3 rings (SSSR count). The van der Waals surface area contributed by atoms with E-state index in [1.54, 1.807) is 0 Å². The van der Waals surface area contributed by atoms with Gasteiger partial charge in [0, 0.05) is 25.7 Å². The Morgan fingerprint density at radius 1 is 1.19 bits per heavy atom. The van der Waals surface area contributed by atoms with Gasteiger partial charge in [-0.2, -0.15) is 10.5 Å². The van der Waals surface area contributed by atoms with E-state index in [1.165, 1.54) is 11.8 Å². The average Bonchev–Trinajstić information content (AvgIpc) is 2.85. The van der Waals surface area contributed by atoms with E-state index < -0.39 is 11.2 Å². The van der Waals surface area contributed by atoms with Crippen molar-refractivity contribution in [3.63, 3.8) is 0 Å². The molecule has 1 amide bonds.